The van der Waals surface area contributed by atoms with Gasteiger partial charge in [-0.3, -0.25) is 0 Å². The Hall–Kier alpha value is -1.44. The van der Waals surface area contributed by atoms with Crippen LogP contribution in [0.3, 0.4) is 0 Å². The SMILES string of the molecule is CCCCCCCCCCCCCCCCCCCCCO.N#Cc1cc(F)cc(CO)c1. The largest absolute Gasteiger partial charge is 0.396 e. The molecule has 0 aromatic heterocycles. The summed E-state index contributed by atoms with van der Waals surface area (Å²) in [4.78, 5) is 0. The average molecular weight is 464 g/mol. The van der Waals surface area contributed by atoms with Crippen molar-refractivity contribution in [3.05, 3.63) is 35.1 Å². The van der Waals surface area contributed by atoms with Crippen LogP contribution in [-0.4, -0.2) is 16.8 Å². The van der Waals surface area contributed by atoms with Gasteiger partial charge in [0.15, 0.2) is 0 Å². The Labute approximate surface area is 203 Å². The minimum atomic E-state index is -0.492. The van der Waals surface area contributed by atoms with Gasteiger partial charge in [-0.2, -0.15) is 5.26 Å². The average Bonchev–Trinajstić information content (AvgIpc) is 2.83. The van der Waals surface area contributed by atoms with Crippen LogP contribution in [0, 0.1) is 17.1 Å². The number of hydrogen-bond acceptors (Lipinski definition) is 3. The lowest BCUT2D eigenvalue weighted by molar-refractivity contribution is 0.281. The van der Waals surface area contributed by atoms with Crippen LogP contribution in [0.15, 0.2) is 18.2 Å². The first-order valence-corrected chi connectivity index (χ1v) is 13.6. The Kier molecular flexibility index (Phi) is 24.1. The smallest absolute Gasteiger partial charge is 0.124 e. The maximum atomic E-state index is 12.5. The molecule has 0 bridgehead atoms. The molecule has 0 aliphatic rings. The third-order valence-electron chi connectivity index (χ3n) is 6.03. The highest BCUT2D eigenvalue weighted by Crippen LogP contribution is 2.14. The van der Waals surface area contributed by atoms with Gasteiger partial charge in [0.1, 0.15) is 5.82 Å². The van der Waals surface area contributed by atoms with E-state index in [4.69, 9.17) is 15.5 Å². The molecule has 0 atom stereocenters. The minimum Gasteiger partial charge on any atom is -0.396 e. The molecule has 0 amide bonds. The third-order valence-corrected chi connectivity index (χ3v) is 6.03. The van der Waals surface area contributed by atoms with Crippen LogP contribution in [0.4, 0.5) is 4.39 Å². The fourth-order valence-corrected chi connectivity index (χ4v) is 4.00. The van der Waals surface area contributed by atoms with E-state index in [9.17, 15) is 4.39 Å². The van der Waals surface area contributed by atoms with E-state index in [2.05, 4.69) is 6.92 Å². The molecule has 1 aromatic carbocycles. The normalized spacial score (nSPS) is 10.5. The first-order valence-electron chi connectivity index (χ1n) is 13.6. The molecule has 0 aliphatic heterocycles. The van der Waals surface area contributed by atoms with E-state index in [1.165, 1.54) is 128 Å². The second-order valence-corrected chi connectivity index (χ2v) is 9.21. The molecule has 0 fully saturated rings. The molecular formula is C29H50FNO2. The van der Waals surface area contributed by atoms with E-state index in [0.717, 1.165) is 12.5 Å². The summed E-state index contributed by atoms with van der Waals surface area (Å²) in [6, 6.07) is 5.56. The molecule has 0 aliphatic carbocycles. The molecule has 0 unspecified atom stereocenters. The summed E-state index contributed by atoms with van der Waals surface area (Å²) in [5.74, 6) is -0.492. The molecule has 0 radical (unpaired) electrons. The number of aliphatic hydroxyl groups excluding tert-OH is 2. The lowest BCUT2D eigenvalue weighted by atomic mass is 10.0. The topological polar surface area (TPSA) is 64.2 Å². The van der Waals surface area contributed by atoms with Crippen LogP contribution >= 0.6 is 0 Å². The monoisotopic (exact) mass is 463 g/mol. The van der Waals surface area contributed by atoms with Crippen molar-refractivity contribution in [2.45, 2.75) is 136 Å². The Morgan fingerprint density at radius 3 is 1.36 bits per heavy atom. The fraction of sp³-hybridized carbons (Fsp3) is 0.759. The maximum absolute atomic E-state index is 12.5. The van der Waals surface area contributed by atoms with Crippen LogP contribution in [0.2, 0.25) is 0 Å². The van der Waals surface area contributed by atoms with Crippen molar-refractivity contribution in [3.63, 3.8) is 0 Å². The van der Waals surface area contributed by atoms with Crippen molar-refractivity contribution in [1.82, 2.24) is 0 Å². The molecular weight excluding hydrogens is 413 g/mol. The predicted molar refractivity (Wildman–Crippen MR) is 138 cm³/mol. The van der Waals surface area contributed by atoms with E-state index in [1.54, 1.807) is 6.07 Å². The van der Waals surface area contributed by atoms with Gasteiger partial charge in [0.2, 0.25) is 0 Å². The number of aliphatic hydroxyl groups is 2. The lowest BCUT2D eigenvalue weighted by Gasteiger charge is -2.03. The number of nitrogens with zero attached hydrogens (tertiary/aromatic N) is 1. The van der Waals surface area contributed by atoms with Crippen LogP contribution in [0.5, 0.6) is 0 Å². The van der Waals surface area contributed by atoms with Gasteiger partial charge in [0.25, 0.3) is 0 Å². The summed E-state index contributed by atoms with van der Waals surface area (Å²) >= 11 is 0. The van der Waals surface area contributed by atoms with Crippen LogP contribution < -0.4 is 0 Å². The van der Waals surface area contributed by atoms with Crippen LogP contribution in [0.1, 0.15) is 140 Å². The molecule has 190 valence electrons. The zero-order valence-electron chi connectivity index (χ0n) is 21.3. The van der Waals surface area contributed by atoms with E-state index in [0.29, 0.717) is 12.2 Å². The lowest BCUT2D eigenvalue weighted by Crippen LogP contribution is -1.87. The summed E-state index contributed by atoms with van der Waals surface area (Å²) in [5, 5.41) is 25.7. The molecule has 1 aromatic rings. The van der Waals surface area contributed by atoms with Gasteiger partial charge >= 0.3 is 0 Å². The standard InChI is InChI=1S/C21H44O.C8H6FNO/c1-2-3-4-5-6-7-8-9-10-11-12-13-14-15-16-17-18-19-20-21-22;9-8-2-6(4-10)1-7(3-8)5-11/h22H,2-21H2,1H3;1-3,11H,5H2. The zero-order chi connectivity index (χ0) is 24.4. The Morgan fingerprint density at radius 2 is 1.03 bits per heavy atom. The first kappa shape index (κ1) is 31.6. The molecule has 3 nitrogen and oxygen atoms in total. The molecule has 0 heterocycles. The van der Waals surface area contributed by atoms with Crippen molar-refractivity contribution >= 4 is 0 Å². The molecule has 2 N–H and O–H groups in total. The highest BCUT2D eigenvalue weighted by atomic mass is 19.1. The van der Waals surface area contributed by atoms with Crippen molar-refractivity contribution in [2.24, 2.45) is 0 Å². The molecule has 33 heavy (non-hydrogen) atoms. The van der Waals surface area contributed by atoms with E-state index in [1.807, 2.05) is 0 Å². The van der Waals surface area contributed by atoms with Crippen LogP contribution in [-0.2, 0) is 6.61 Å². The molecule has 0 spiro atoms. The number of rotatable bonds is 20. The van der Waals surface area contributed by atoms with Gasteiger partial charge in [-0.25, -0.2) is 4.39 Å². The van der Waals surface area contributed by atoms with Gasteiger partial charge in [-0.05, 0) is 30.2 Å². The summed E-state index contributed by atoms with van der Waals surface area (Å²) < 4.78 is 12.5. The number of hydrogen-bond donors (Lipinski definition) is 2. The molecule has 0 saturated heterocycles. The number of nitriles is 1. The van der Waals surface area contributed by atoms with Gasteiger partial charge in [0.05, 0.1) is 18.2 Å². The van der Waals surface area contributed by atoms with Crippen molar-refractivity contribution in [2.75, 3.05) is 6.61 Å². The zero-order valence-corrected chi connectivity index (χ0v) is 21.3. The van der Waals surface area contributed by atoms with Gasteiger partial charge in [0, 0.05) is 6.61 Å². The molecule has 4 heteroatoms. The highest BCUT2D eigenvalue weighted by Gasteiger charge is 1.98. The summed E-state index contributed by atoms with van der Waals surface area (Å²) in [7, 11) is 0. The minimum absolute atomic E-state index is 0.231. The van der Waals surface area contributed by atoms with Crippen molar-refractivity contribution < 1.29 is 14.6 Å². The maximum Gasteiger partial charge on any atom is 0.124 e. The summed E-state index contributed by atoms with van der Waals surface area (Å²) in [6.07, 6.45) is 26.6. The first-order chi connectivity index (χ1) is 16.2. The third kappa shape index (κ3) is 22.1. The molecule has 0 saturated carbocycles. The number of halogens is 1. The second-order valence-electron chi connectivity index (χ2n) is 9.21. The second kappa shape index (κ2) is 25.2. The van der Waals surface area contributed by atoms with E-state index < -0.39 is 5.82 Å². The van der Waals surface area contributed by atoms with Crippen molar-refractivity contribution in [3.8, 4) is 6.07 Å². The van der Waals surface area contributed by atoms with Crippen LogP contribution in [0.25, 0.3) is 0 Å². The van der Waals surface area contributed by atoms with Gasteiger partial charge < -0.3 is 10.2 Å². The summed E-state index contributed by atoms with van der Waals surface area (Å²) in [5.41, 5.74) is 0.649. The van der Waals surface area contributed by atoms with E-state index >= 15 is 0 Å². The Bertz CT molecular complexity index is 565. The molecule has 1 rings (SSSR count). The number of unbranched alkanes of at least 4 members (excludes halogenated alkanes) is 18. The van der Waals surface area contributed by atoms with Gasteiger partial charge in [-0.15, -0.1) is 0 Å². The quantitative estimate of drug-likeness (QED) is 0.190. The van der Waals surface area contributed by atoms with Crippen molar-refractivity contribution in [1.29, 1.82) is 5.26 Å². The summed E-state index contributed by atoms with van der Waals surface area (Å²) in [6.45, 7) is 2.42. The number of benzene rings is 1. The Morgan fingerprint density at radius 1 is 0.636 bits per heavy atom. The highest BCUT2D eigenvalue weighted by molar-refractivity contribution is 5.33. The fourth-order valence-electron chi connectivity index (χ4n) is 4.00. The van der Waals surface area contributed by atoms with E-state index in [-0.39, 0.29) is 12.2 Å². The Balaban J connectivity index is 0.000000771. The van der Waals surface area contributed by atoms with Gasteiger partial charge in [-0.1, -0.05) is 122 Å². The predicted octanol–water partition coefficient (Wildman–Crippen LogP) is 8.60.